The third kappa shape index (κ3) is 3.83. The second-order valence-corrected chi connectivity index (χ2v) is 6.98. The summed E-state index contributed by atoms with van der Waals surface area (Å²) in [7, 11) is 0. The maximum Gasteiger partial charge on any atom is 0.141 e. The van der Waals surface area contributed by atoms with E-state index in [9.17, 15) is 0 Å². The van der Waals surface area contributed by atoms with Crippen LogP contribution in [0.2, 0.25) is 5.02 Å². The van der Waals surface area contributed by atoms with Crippen LogP contribution >= 0.6 is 11.6 Å². The summed E-state index contributed by atoms with van der Waals surface area (Å²) < 4.78 is 8.12. The molecule has 0 atom stereocenters. The number of fused-ring (bicyclic) bond motifs is 1. The Labute approximate surface area is 164 Å². The molecule has 0 aliphatic carbocycles. The second kappa shape index (κ2) is 7.85. The average Bonchev–Trinajstić information content (AvgIpc) is 3.06. The Morgan fingerprint density at radius 2 is 1.67 bits per heavy atom. The minimum Gasteiger partial charge on any atom is -0.492 e. The van der Waals surface area contributed by atoms with Crippen molar-refractivity contribution in [1.82, 2.24) is 9.55 Å². The highest BCUT2D eigenvalue weighted by atomic mass is 35.5. The molecule has 4 aromatic rings. The summed E-state index contributed by atoms with van der Waals surface area (Å²) in [4.78, 5) is 4.86. The predicted molar refractivity (Wildman–Crippen MR) is 111 cm³/mol. The smallest absolute Gasteiger partial charge is 0.141 e. The molecule has 1 heterocycles. The molecule has 0 spiro atoms. The van der Waals surface area contributed by atoms with Crippen LogP contribution in [0.5, 0.6) is 5.75 Å². The van der Waals surface area contributed by atoms with E-state index in [2.05, 4.69) is 54.0 Å². The molecular formula is C23H21ClN2O. The number of nitrogens with zero attached hydrogens (tertiary/aromatic N) is 2. The van der Waals surface area contributed by atoms with E-state index in [0.29, 0.717) is 11.6 Å². The number of ether oxygens (including phenoxy) is 1. The number of halogens is 1. The molecule has 0 N–H and O–H groups in total. The van der Waals surface area contributed by atoms with Gasteiger partial charge in [-0.2, -0.15) is 0 Å². The van der Waals surface area contributed by atoms with Crippen LogP contribution in [0.15, 0.2) is 72.8 Å². The van der Waals surface area contributed by atoms with Crippen molar-refractivity contribution in [2.75, 3.05) is 6.61 Å². The summed E-state index contributed by atoms with van der Waals surface area (Å²) >= 11 is 6.16. The first-order chi connectivity index (χ1) is 13.2. The number of hydrogen-bond donors (Lipinski definition) is 0. The van der Waals surface area contributed by atoms with Crippen molar-refractivity contribution < 1.29 is 4.74 Å². The van der Waals surface area contributed by atoms with Gasteiger partial charge in [0.1, 0.15) is 11.6 Å². The summed E-state index contributed by atoms with van der Waals surface area (Å²) in [5.41, 5.74) is 4.53. The SMILES string of the molecule is Cc1ccc(-c2nc3ccccc3n2CCCOc2ccccc2Cl)cc1. The number of aryl methyl sites for hydroxylation is 2. The van der Waals surface area contributed by atoms with Crippen molar-refractivity contribution >= 4 is 22.6 Å². The Morgan fingerprint density at radius 3 is 2.48 bits per heavy atom. The number of benzene rings is 3. The molecule has 4 heteroatoms. The van der Waals surface area contributed by atoms with Gasteiger partial charge < -0.3 is 9.30 Å². The Kier molecular flexibility index (Phi) is 5.12. The van der Waals surface area contributed by atoms with Gasteiger partial charge in [0.25, 0.3) is 0 Å². The second-order valence-electron chi connectivity index (χ2n) is 6.57. The molecule has 4 rings (SSSR count). The van der Waals surface area contributed by atoms with Gasteiger partial charge in [-0.15, -0.1) is 0 Å². The normalized spacial score (nSPS) is 11.0. The van der Waals surface area contributed by atoms with Crippen molar-refractivity contribution in [1.29, 1.82) is 0 Å². The lowest BCUT2D eigenvalue weighted by Crippen LogP contribution is -2.06. The Morgan fingerprint density at radius 1 is 0.926 bits per heavy atom. The van der Waals surface area contributed by atoms with Crippen LogP contribution in [0.1, 0.15) is 12.0 Å². The standard InChI is InChI=1S/C23H21ClN2O/c1-17-11-13-18(14-12-17)23-25-20-8-3-4-9-21(20)26(23)15-6-16-27-22-10-5-2-7-19(22)24/h2-5,7-14H,6,15-16H2,1H3. The summed E-state index contributed by atoms with van der Waals surface area (Å²) in [5, 5.41) is 0.644. The van der Waals surface area contributed by atoms with E-state index in [-0.39, 0.29) is 0 Å². The molecule has 0 fully saturated rings. The van der Waals surface area contributed by atoms with Crippen molar-refractivity contribution in [3.8, 4) is 17.1 Å². The van der Waals surface area contributed by atoms with E-state index < -0.39 is 0 Å². The van der Waals surface area contributed by atoms with E-state index in [1.165, 1.54) is 5.56 Å². The molecule has 0 amide bonds. The molecule has 3 aromatic carbocycles. The average molecular weight is 377 g/mol. The lowest BCUT2D eigenvalue weighted by molar-refractivity contribution is 0.303. The van der Waals surface area contributed by atoms with E-state index in [4.69, 9.17) is 21.3 Å². The first-order valence-corrected chi connectivity index (χ1v) is 9.50. The Balaban J connectivity index is 1.56. The van der Waals surface area contributed by atoms with Gasteiger partial charge in [0.05, 0.1) is 22.7 Å². The first-order valence-electron chi connectivity index (χ1n) is 9.12. The highest BCUT2D eigenvalue weighted by Crippen LogP contribution is 2.26. The van der Waals surface area contributed by atoms with Gasteiger partial charge in [0, 0.05) is 12.1 Å². The van der Waals surface area contributed by atoms with Gasteiger partial charge in [0.2, 0.25) is 0 Å². The van der Waals surface area contributed by atoms with E-state index in [1.54, 1.807) is 0 Å². The summed E-state index contributed by atoms with van der Waals surface area (Å²) in [6.45, 7) is 3.52. The monoisotopic (exact) mass is 376 g/mol. The zero-order valence-corrected chi connectivity index (χ0v) is 16.0. The molecule has 0 radical (unpaired) electrons. The van der Waals surface area contributed by atoms with Gasteiger partial charge in [-0.3, -0.25) is 0 Å². The molecule has 136 valence electrons. The summed E-state index contributed by atoms with van der Waals surface area (Å²) in [6.07, 6.45) is 0.866. The van der Waals surface area contributed by atoms with Crippen molar-refractivity contribution in [2.45, 2.75) is 19.9 Å². The predicted octanol–water partition coefficient (Wildman–Crippen LogP) is 6.13. The molecular weight excluding hydrogens is 356 g/mol. The van der Waals surface area contributed by atoms with Crippen LogP contribution in [0.4, 0.5) is 0 Å². The lowest BCUT2D eigenvalue weighted by Gasteiger charge is -2.11. The van der Waals surface area contributed by atoms with Gasteiger partial charge in [-0.1, -0.05) is 65.7 Å². The third-order valence-electron chi connectivity index (χ3n) is 4.58. The van der Waals surface area contributed by atoms with Crippen LogP contribution in [0.25, 0.3) is 22.4 Å². The largest absolute Gasteiger partial charge is 0.492 e. The third-order valence-corrected chi connectivity index (χ3v) is 4.90. The van der Waals surface area contributed by atoms with Crippen molar-refractivity contribution in [3.63, 3.8) is 0 Å². The first kappa shape index (κ1) is 17.6. The van der Waals surface area contributed by atoms with Crippen molar-refractivity contribution in [2.24, 2.45) is 0 Å². The van der Waals surface area contributed by atoms with E-state index in [0.717, 1.165) is 41.1 Å². The van der Waals surface area contributed by atoms with Gasteiger partial charge in [-0.05, 0) is 37.6 Å². The zero-order chi connectivity index (χ0) is 18.6. The zero-order valence-electron chi connectivity index (χ0n) is 15.2. The number of hydrogen-bond acceptors (Lipinski definition) is 2. The van der Waals surface area contributed by atoms with Crippen LogP contribution in [0.3, 0.4) is 0 Å². The fourth-order valence-corrected chi connectivity index (χ4v) is 3.38. The molecule has 0 saturated carbocycles. The summed E-state index contributed by atoms with van der Waals surface area (Å²) in [6, 6.07) is 24.3. The van der Waals surface area contributed by atoms with E-state index >= 15 is 0 Å². The molecule has 3 nitrogen and oxygen atoms in total. The van der Waals surface area contributed by atoms with Crippen molar-refractivity contribution in [3.05, 3.63) is 83.4 Å². The lowest BCUT2D eigenvalue weighted by atomic mass is 10.1. The molecule has 27 heavy (non-hydrogen) atoms. The molecule has 1 aromatic heterocycles. The van der Waals surface area contributed by atoms with Gasteiger partial charge in [-0.25, -0.2) is 4.98 Å². The fraction of sp³-hybridized carbons (Fsp3) is 0.174. The quantitative estimate of drug-likeness (QED) is 0.378. The van der Waals surface area contributed by atoms with Crippen LogP contribution in [0, 0.1) is 6.92 Å². The number of imidazole rings is 1. The van der Waals surface area contributed by atoms with Gasteiger partial charge in [0.15, 0.2) is 0 Å². The molecule has 0 aliphatic rings. The van der Waals surface area contributed by atoms with E-state index in [1.807, 2.05) is 30.3 Å². The fourth-order valence-electron chi connectivity index (χ4n) is 3.19. The maximum absolute atomic E-state index is 6.16. The Bertz CT molecular complexity index is 1050. The molecule has 0 bridgehead atoms. The molecule has 0 unspecified atom stereocenters. The van der Waals surface area contributed by atoms with Crippen LogP contribution in [-0.2, 0) is 6.54 Å². The molecule has 0 saturated heterocycles. The minimum absolute atomic E-state index is 0.601. The highest BCUT2D eigenvalue weighted by Gasteiger charge is 2.12. The van der Waals surface area contributed by atoms with Crippen LogP contribution in [-0.4, -0.2) is 16.2 Å². The number of para-hydroxylation sites is 3. The maximum atomic E-state index is 6.16. The molecule has 0 aliphatic heterocycles. The van der Waals surface area contributed by atoms with Crippen LogP contribution < -0.4 is 4.74 Å². The van der Waals surface area contributed by atoms with Gasteiger partial charge >= 0.3 is 0 Å². The topological polar surface area (TPSA) is 27.1 Å². The highest BCUT2D eigenvalue weighted by molar-refractivity contribution is 6.32. The summed E-state index contributed by atoms with van der Waals surface area (Å²) in [5.74, 6) is 1.72. The number of rotatable bonds is 6. The number of aromatic nitrogens is 2. The minimum atomic E-state index is 0.601. The Hall–Kier alpha value is -2.78.